The number of benzene rings is 2. The Bertz CT molecular complexity index is 905. The van der Waals surface area contributed by atoms with Crippen molar-refractivity contribution >= 4 is 69.7 Å². The van der Waals surface area contributed by atoms with Crippen molar-refractivity contribution in [3.63, 3.8) is 0 Å². The Balaban J connectivity index is 2.21. The van der Waals surface area contributed by atoms with E-state index in [0.717, 1.165) is 0 Å². The molecule has 0 heterocycles. The maximum absolute atomic E-state index is 12.3. The number of anilines is 1. The number of carbonyl (C=O) groups is 2. The summed E-state index contributed by atoms with van der Waals surface area (Å²) in [6, 6.07) is 6.90. The molecule has 0 bridgehead atoms. The molecule has 0 radical (unpaired) electrons. The zero-order valence-corrected chi connectivity index (χ0v) is 16.2. The van der Waals surface area contributed by atoms with Crippen LogP contribution in [0.1, 0.15) is 20.7 Å². The van der Waals surface area contributed by atoms with Crippen LogP contribution in [0.15, 0.2) is 30.3 Å². The van der Waals surface area contributed by atoms with Gasteiger partial charge in [-0.05, 0) is 42.5 Å². The van der Waals surface area contributed by atoms with Crippen LogP contribution in [0.2, 0.25) is 15.1 Å². The van der Waals surface area contributed by atoms with E-state index in [9.17, 15) is 9.59 Å². The molecule has 1 amide bonds. The van der Waals surface area contributed by atoms with E-state index in [1.165, 1.54) is 37.4 Å². The van der Waals surface area contributed by atoms with Gasteiger partial charge in [0.05, 0.1) is 34.0 Å². The van der Waals surface area contributed by atoms with Crippen LogP contribution in [0.4, 0.5) is 5.69 Å². The van der Waals surface area contributed by atoms with E-state index in [-0.39, 0.29) is 37.7 Å². The van der Waals surface area contributed by atoms with E-state index in [0.29, 0.717) is 5.02 Å². The summed E-state index contributed by atoms with van der Waals surface area (Å²) < 4.78 is 5.14. The molecule has 0 aliphatic heterocycles. The molecule has 0 spiro atoms. The van der Waals surface area contributed by atoms with Crippen molar-refractivity contribution in [2.24, 2.45) is 0 Å². The minimum Gasteiger partial charge on any atom is -0.493 e. The Kier molecular flexibility index (Phi) is 6.66. The predicted octanol–water partition coefficient (Wildman–Crippen LogP) is 4.48. The summed E-state index contributed by atoms with van der Waals surface area (Å²) in [6.45, 7) is 0. The zero-order valence-electron chi connectivity index (χ0n) is 13.1. The second-order valence-electron chi connectivity index (χ2n) is 4.88. The van der Waals surface area contributed by atoms with Crippen LogP contribution >= 0.6 is 47.0 Å². The lowest BCUT2D eigenvalue weighted by Crippen LogP contribution is -2.34. The first-order valence-electron chi connectivity index (χ1n) is 6.91. The van der Waals surface area contributed by atoms with Gasteiger partial charge in [-0.2, -0.15) is 0 Å². The summed E-state index contributed by atoms with van der Waals surface area (Å²) in [4.78, 5) is 23.4. The molecule has 0 saturated carbocycles. The van der Waals surface area contributed by atoms with Crippen molar-refractivity contribution in [3.8, 4) is 5.75 Å². The summed E-state index contributed by atoms with van der Waals surface area (Å²) in [5, 5.41) is 14.8. The largest absolute Gasteiger partial charge is 0.493 e. The van der Waals surface area contributed by atoms with E-state index in [2.05, 4.69) is 10.6 Å². The Morgan fingerprint density at radius 2 is 1.81 bits per heavy atom. The summed E-state index contributed by atoms with van der Waals surface area (Å²) in [7, 11) is 1.36. The number of carboxylic acids is 1. The molecular weight excluding hydrogens is 423 g/mol. The lowest BCUT2D eigenvalue weighted by atomic mass is 10.2. The zero-order chi connectivity index (χ0) is 19.4. The van der Waals surface area contributed by atoms with Gasteiger partial charge in [0, 0.05) is 5.02 Å². The van der Waals surface area contributed by atoms with E-state index >= 15 is 0 Å². The summed E-state index contributed by atoms with van der Waals surface area (Å²) in [5.74, 6) is -1.57. The van der Waals surface area contributed by atoms with Crippen molar-refractivity contribution < 1.29 is 19.4 Å². The van der Waals surface area contributed by atoms with Crippen molar-refractivity contribution in [2.45, 2.75) is 0 Å². The van der Waals surface area contributed by atoms with Gasteiger partial charge >= 0.3 is 5.97 Å². The monoisotopic (exact) mass is 432 g/mol. The first kappa shape index (κ1) is 20.3. The molecule has 0 fully saturated rings. The number of amides is 1. The number of hydrogen-bond donors (Lipinski definition) is 3. The number of nitrogens with one attached hydrogen (secondary N) is 2. The van der Waals surface area contributed by atoms with Crippen molar-refractivity contribution in [1.29, 1.82) is 0 Å². The van der Waals surface area contributed by atoms with Gasteiger partial charge in [-0.15, -0.1) is 0 Å². The van der Waals surface area contributed by atoms with Crippen LogP contribution < -0.4 is 15.4 Å². The summed E-state index contributed by atoms with van der Waals surface area (Å²) in [5.41, 5.74) is 0.280. The lowest BCUT2D eigenvalue weighted by Gasteiger charge is -2.15. The van der Waals surface area contributed by atoms with E-state index in [1.54, 1.807) is 0 Å². The van der Waals surface area contributed by atoms with Crippen LogP contribution in [0.25, 0.3) is 0 Å². The van der Waals surface area contributed by atoms with E-state index in [4.69, 9.17) is 56.9 Å². The Morgan fingerprint density at radius 3 is 2.38 bits per heavy atom. The average Bonchev–Trinajstić information content (AvgIpc) is 2.54. The molecule has 136 valence electrons. The van der Waals surface area contributed by atoms with Gasteiger partial charge in [0.2, 0.25) is 0 Å². The Labute approximate surface area is 169 Å². The summed E-state index contributed by atoms with van der Waals surface area (Å²) in [6.07, 6.45) is 0. The molecule has 6 nitrogen and oxygen atoms in total. The summed E-state index contributed by atoms with van der Waals surface area (Å²) >= 11 is 22.9. The van der Waals surface area contributed by atoms with Crippen LogP contribution in [0.5, 0.6) is 5.75 Å². The van der Waals surface area contributed by atoms with Crippen LogP contribution in [-0.2, 0) is 0 Å². The number of halogens is 3. The van der Waals surface area contributed by atoms with Crippen molar-refractivity contribution in [1.82, 2.24) is 5.32 Å². The van der Waals surface area contributed by atoms with Crippen LogP contribution in [-0.4, -0.2) is 29.2 Å². The normalized spacial score (nSPS) is 10.2. The van der Waals surface area contributed by atoms with Gasteiger partial charge < -0.3 is 15.2 Å². The standard InChI is InChI=1S/C16H11Cl3N2O4S/c1-25-13-11(19)4-7(15(23)24)5-12(13)20-16(26)21-14(22)9-3-2-8(17)6-10(9)18/h2-6H,1H3,(H,23,24)(H2,20,21,22,26). The van der Waals surface area contributed by atoms with Gasteiger partial charge in [0.15, 0.2) is 10.9 Å². The fourth-order valence-electron chi connectivity index (χ4n) is 2.01. The number of hydrogen-bond acceptors (Lipinski definition) is 4. The van der Waals surface area contributed by atoms with Gasteiger partial charge in [-0.3, -0.25) is 10.1 Å². The Hall–Kier alpha value is -2.06. The predicted molar refractivity (Wildman–Crippen MR) is 105 cm³/mol. The first-order chi connectivity index (χ1) is 12.2. The average molecular weight is 434 g/mol. The number of carboxylic acid groups (broad SMARTS) is 1. The molecular formula is C16H11Cl3N2O4S. The topological polar surface area (TPSA) is 87.7 Å². The number of thiocarbonyl (C=S) groups is 1. The molecule has 2 aromatic carbocycles. The molecule has 3 N–H and O–H groups in total. The van der Waals surface area contributed by atoms with Crippen LogP contribution in [0, 0.1) is 0 Å². The number of rotatable bonds is 4. The number of methoxy groups -OCH3 is 1. The molecule has 10 heteroatoms. The molecule has 0 saturated heterocycles. The van der Waals surface area contributed by atoms with Gasteiger partial charge in [-0.25, -0.2) is 4.79 Å². The highest BCUT2D eigenvalue weighted by molar-refractivity contribution is 7.80. The minimum absolute atomic E-state index is 0.0739. The van der Waals surface area contributed by atoms with Crippen molar-refractivity contribution in [3.05, 3.63) is 56.5 Å². The van der Waals surface area contributed by atoms with E-state index < -0.39 is 11.9 Å². The van der Waals surface area contributed by atoms with E-state index in [1.807, 2.05) is 0 Å². The molecule has 2 rings (SSSR count). The van der Waals surface area contributed by atoms with Gasteiger partial charge in [0.1, 0.15) is 0 Å². The van der Waals surface area contributed by atoms with Crippen molar-refractivity contribution in [2.75, 3.05) is 12.4 Å². The minimum atomic E-state index is -1.18. The second kappa shape index (κ2) is 8.55. The molecule has 2 aromatic rings. The third-order valence-corrected chi connectivity index (χ3v) is 4.18. The smallest absolute Gasteiger partial charge is 0.335 e. The maximum Gasteiger partial charge on any atom is 0.335 e. The quantitative estimate of drug-likeness (QED) is 0.616. The lowest BCUT2D eigenvalue weighted by molar-refractivity contribution is 0.0696. The highest BCUT2D eigenvalue weighted by atomic mass is 35.5. The molecule has 0 unspecified atom stereocenters. The highest BCUT2D eigenvalue weighted by Gasteiger charge is 2.17. The fourth-order valence-corrected chi connectivity index (χ4v) is 3.01. The third kappa shape index (κ3) is 4.76. The maximum atomic E-state index is 12.3. The number of ether oxygens (including phenoxy) is 1. The fraction of sp³-hybridized carbons (Fsp3) is 0.0625. The molecule has 0 aliphatic carbocycles. The number of aromatic carboxylic acids is 1. The SMILES string of the molecule is COc1c(Cl)cc(C(=O)O)cc1NC(=S)NC(=O)c1ccc(Cl)cc1Cl. The number of carbonyl (C=O) groups excluding carboxylic acids is 1. The molecule has 0 atom stereocenters. The Morgan fingerprint density at radius 1 is 1.12 bits per heavy atom. The molecule has 26 heavy (non-hydrogen) atoms. The van der Waals surface area contributed by atoms with Gasteiger partial charge in [-0.1, -0.05) is 34.8 Å². The molecule has 0 aromatic heterocycles. The first-order valence-corrected chi connectivity index (χ1v) is 8.45. The third-order valence-electron chi connectivity index (χ3n) is 3.15. The van der Waals surface area contributed by atoms with Gasteiger partial charge in [0.25, 0.3) is 5.91 Å². The van der Waals surface area contributed by atoms with Crippen LogP contribution in [0.3, 0.4) is 0 Å². The molecule has 0 aliphatic rings. The highest BCUT2D eigenvalue weighted by Crippen LogP contribution is 2.34. The second-order valence-corrected chi connectivity index (χ2v) is 6.54.